The van der Waals surface area contributed by atoms with Gasteiger partial charge in [-0.3, -0.25) is 0 Å². The summed E-state index contributed by atoms with van der Waals surface area (Å²) in [6, 6.07) is 34.8. The van der Waals surface area contributed by atoms with Crippen molar-refractivity contribution in [3.63, 3.8) is 0 Å². The highest BCUT2D eigenvalue weighted by atomic mass is 14.8. The normalized spacial score (nSPS) is 12.8. The second kappa shape index (κ2) is 11.6. The topological polar surface area (TPSA) is 89.2 Å². The molecule has 6 N–H and O–H groups in total. The molecule has 0 amide bonds. The molecule has 4 aromatic heterocycles. The second-order valence-electron chi connectivity index (χ2n) is 13.7. The first-order valence-electron chi connectivity index (χ1n) is 16.9. The Morgan fingerprint density at radius 2 is 0.898 bits per heavy atom. The van der Waals surface area contributed by atoms with E-state index in [-0.39, 0.29) is 0 Å². The van der Waals surface area contributed by atoms with Gasteiger partial charge in [0.15, 0.2) is 0 Å². The molecule has 5 heteroatoms. The summed E-state index contributed by atoms with van der Waals surface area (Å²) in [6.45, 7) is 13.2. The molecule has 0 saturated carbocycles. The fraction of sp³-hybridized carbons (Fsp3) is 0.136. The van der Waals surface area contributed by atoms with Crippen LogP contribution in [-0.4, -0.2) is 19.9 Å². The van der Waals surface area contributed by atoms with E-state index in [1.165, 1.54) is 44.5 Å². The van der Waals surface area contributed by atoms with Crippen LogP contribution in [0.25, 0.3) is 22.8 Å². The van der Waals surface area contributed by atoms with Crippen LogP contribution in [0.15, 0.2) is 97.1 Å². The van der Waals surface area contributed by atoms with Crippen LogP contribution in [0, 0.1) is 41.5 Å². The SMILES string of the molecule is Cc1cc(C)c(C2=c3ccc([nH]3)=Cc3ccc([nH]3)C(c3c(C)cc(C)cc3C)=c3ccc([nH]3)=C(c3ccc(N)cc3)c3ccc2[nH]3)c(C)c1. The molecule has 0 saturated heterocycles. The van der Waals surface area contributed by atoms with E-state index < -0.39 is 0 Å². The number of H-pyrrole nitrogens is 4. The Balaban J connectivity index is 1.51. The van der Waals surface area contributed by atoms with Gasteiger partial charge in [-0.25, -0.2) is 0 Å². The third kappa shape index (κ3) is 5.38. The molecule has 5 heterocycles. The van der Waals surface area contributed by atoms with Gasteiger partial charge in [-0.2, -0.15) is 0 Å². The summed E-state index contributed by atoms with van der Waals surface area (Å²) in [5, 5.41) is 4.15. The lowest BCUT2D eigenvalue weighted by Gasteiger charge is -2.15. The lowest BCUT2D eigenvalue weighted by atomic mass is 9.92. The van der Waals surface area contributed by atoms with Crippen LogP contribution in [0.3, 0.4) is 0 Å². The Labute approximate surface area is 286 Å². The van der Waals surface area contributed by atoms with Crippen LogP contribution in [-0.2, 0) is 0 Å². The predicted octanol–water partition coefficient (Wildman–Crippen LogP) is 6.32. The number of nitrogens with one attached hydrogen (secondary N) is 4. The highest BCUT2D eigenvalue weighted by Gasteiger charge is 2.19. The summed E-state index contributed by atoms with van der Waals surface area (Å²) in [5.74, 6) is 0. The van der Waals surface area contributed by atoms with E-state index in [0.717, 1.165) is 72.1 Å². The summed E-state index contributed by atoms with van der Waals surface area (Å²) >= 11 is 0. The van der Waals surface area contributed by atoms with Crippen molar-refractivity contribution in [1.82, 2.24) is 19.9 Å². The molecular weight excluding hydrogens is 599 g/mol. The molecule has 0 aliphatic carbocycles. The number of aryl methyl sites for hydroxylation is 6. The maximum absolute atomic E-state index is 6.18. The van der Waals surface area contributed by atoms with E-state index in [1.54, 1.807) is 0 Å². The van der Waals surface area contributed by atoms with E-state index in [0.29, 0.717) is 0 Å². The van der Waals surface area contributed by atoms with Gasteiger partial charge in [-0.05, 0) is 147 Å². The van der Waals surface area contributed by atoms with Gasteiger partial charge in [0.2, 0.25) is 0 Å². The zero-order valence-corrected chi connectivity index (χ0v) is 28.9. The minimum Gasteiger partial charge on any atom is -0.399 e. The quantitative estimate of drug-likeness (QED) is 0.144. The first-order chi connectivity index (χ1) is 23.6. The van der Waals surface area contributed by atoms with Crippen LogP contribution in [0.5, 0.6) is 0 Å². The van der Waals surface area contributed by atoms with E-state index in [1.807, 2.05) is 12.1 Å². The molecule has 1 aliphatic heterocycles. The molecular formula is C44H41N5. The molecule has 3 aromatic carbocycles. The Morgan fingerprint density at radius 1 is 0.429 bits per heavy atom. The minimum atomic E-state index is 0.737. The molecule has 0 radical (unpaired) electrons. The van der Waals surface area contributed by atoms with Crippen molar-refractivity contribution in [3.8, 4) is 0 Å². The van der Waals surface area contributed by atoms with E-state index in [2.05, 4.69) is 152 Å². The number of fused-ring (bicyclic) bond motifs is 8. The highest BCUT2D eigenvalue weighted by molar-refractivity contribution is 5.85. The van der Waals surface area contributed by atoms with Gasteiger partial charge in [-0.15, -0.1) is 0 Å². The van der Waals surface area contributed by atoms with Crippen LogP contribution < -0.4 is 27.1 Å². The summed E-state index contributed by atoms with van der Waals surface area (Å²) in [6.07, 6.45) is 2.19. The van der Waals surface area contributed by atoms with E-state index >= 15 is 0 Å². The Kier molecular flexibility index (Phi) is 7.22. The largest absolute Gasteiger partial charge is 0.399 e. The zero-order valence-electron chi connectivity index (χ0n) is 28.9. The molecule has 242 valence electrons. The molecule has 0 unspecified atom stereocenters. The van der Waals surface area contributed by atoms with E-state index in [9.17, 15) is 0 Å². The van der Waals surface area contributed by atoms with Gasteiger partial charge in [0.1, 0.15) is 0 Å². The molecule has 49 heavy (non-hydrogen) atoms. The number of hydrogen-bond acceptors (Lipinski definition) is 1. The molecule has 1 aliphatic rings. The first-order valence-corrected chi connectivity index (χ1v) is 16.9. The number of aromatic nitrogens is 4. The Morgan fingerprint density at radius 3 is 1.49 bits per heavy atom. The standard InChI is InChI=1S/C44H41N5/c1-24-19-26(3)40(27(4)20-24)43-36-13-11-32(46-36)23-33-12-14-37(47-33)44(41-28(5)21-25(2)22-29(41)6)39-18-16-35(49-39)42(34-15-17-38(43)48-34)30-7-9-31(45)10-8-30/h7-23,46-49H,45H2,1-6H3. The molecule has 5 nitrogen and oxygen atoms in total. The van der Waals surface area contributed by atoms with Crippen LogP contribution in [0.2, 0.25) is 0 Å². The number of hydrogen-bond donors (Lipinski definition) is 5. The van der Waals surface area contributed by atoms with Gasteiger partial charge in [0.25, 0.3) is 0 Å². The number of aromatic amines is 4. The Hall–Kier alpha value is -5.94. The van der Waals surface area contributed by atoms with Crippen LogP contribution >= 0.6 is 0 Å². The number of nitrogens with two attached hydrogens (primary N) is 1. The van der Waals surface area contributed by atoms with Gasteiger partial charge in [0.05, 0.1) is 0 Å². The highest BCUT2D eigenvalue weighted by Crippen LogP contribution is 2.31. The van der Waals surface area contributed by atoms with Crippen molar-refractivity contribution in [2.45, 2.75) is 41.5 Å². The summed E-state index contributed by atoms with van der Waals surface area (Å²) in [4.78, 5) is 15.3. The van der Waals surface area contributed by atoms with Gasteiger partial charge >= 0.3 is 0 Å². The van der Waals surface area contributed by atoms with Crippen molar-refractivity contribution in [3.05, 3.63) is 191 Å². The monoisotopic (exact) mass is 639 g/mol. The maximum Gasteiger partial charge on any atom is 0.0486 e. The van der Waals surface area contributed by atoms with Gasteiger partial charge in [0, 0.05) is 66.6 Å². The number of anilines is 1. The lowest BCUT2D eigenvalue weighted by molar-refractivity contribution is 1.18. The second-order valence-corrected chi connectivity index (χ2v) is 13.7. The average Bonchev–Trinajstić information content (AvgIpc) is 3.87. The lowest BCUT2D eigenvalue weighted by Crippen LogP contribution is -2.19. The summed E-state index contributed by atoms with van der Waals surface area (Å²) < 4.78 is 0. The number of benzene rings is 3. The minimum absolute atomic E-state index is 0.737. The van der Waals surface area contributed by atoms with Crippen LogP contribution in [0.1, 0.15) is 72.8 Å². The molecule has 0 spiro atoms. The fourth-order valence-corrected chi connectivity index (χ4v) is 7.91. The molecule has 8 bridgehead atoms. The Bertz CT molecular complexity index is 2620. The van der Waals surface area contributed by atoms with E-state index in [4.69, 9.17) is 5.73 Å². The number of rotatable bonds is 3. The predicted molar refractivity (Wildman–Crippen MR) is 202 cm³/mol. The molecule has 0 atom stereocenters. The maximum atomic E-state index is 6.18. The van der Waals surface area contributed by atoms with Crippen molar-refractivity contribution in [2.24, 2.45) is 0 Å². The van der Waals surface area contributed by atoms with Crippen molar-refractivity contribution in [2.75, 3.05) is 5.73 Å². The molecule has 7 aromatic rings. The molecule has 8 rings (SSSR count). The van der Waals surface area contributed by atoms with Crippen molar-refractivity contribution in [1.29, 1.82) is 0 Å². The van der Waals surface area contributed by atoms with Crippen molar-refractivity contribution >= 4 is 28.5 Å². The summed E-state index contributed by atoms with van der Waals surface area (Å²) in [7, 11) is 0. The average molecular weight is 640 g/mol. The smallest absolute Gasteiger partial charge is 0.0486 e. The van der Waals surface area contributed by atoms with Crippen molar-refractivity contribution < 1.29 is 0 Å². The molecule has 0 fully saturated rings. The summed E-state index contributed by atoms with van der Waals surface area (Å²) in [5.41, 5.74) is 25.5. The third-order valence-electron chi connectivity index (χ3n) is 9.77. The number of nitrogen functional groups attached to an aromatic ring is 1. The first kappa shape index (κ1) is 30.4. The third-order valence-corrected chi connectivity index (χ3v) is 9.77. The van der Waals surface area contributed by atoms with Gasteiger partial charge in [-0.1, -0.05) is 47.5 Å². The van der Waals surface area contributed by atoms with Crippen LogP contribution in [0.4, 0.5) is 5.69 Å². The zero-order chi connectivity index (χ0) is 34.0. The van der Waals surface area contributed by atoms with Gasteiger partial charge < -0.3 is 25.7 Å². The fourth-order valence-electron chi connectivity index (χ4n) is 7.91.